The van der Waals surface area contributed by atoms with Crippen LogP contribution in [0.25, 0.3) is 10.9 Å². The third-order valence-corrected chi connectivity index (χ3v) is 8.63. The Morgan fingerprint density at radius 3 is 2.38 bits per heavy atom. The molecule has 3 atom stereocenters. The van der Waals surface area contributed by atoms with E-state index in [1.807, 2.05) is 48.5 Å². The number of aryl methyl sites for hydroxylation is 1. The minimum absolute atomic E-state index is 0.0858. The first-order chi connectivity index (χ1) is 18.9. The Hall–Kier alpha value is -4.19. The van der Waals surface area contributed by atoms with E-state index in [0.717, 1.165) is 34.6 Å². The van der Waals surface area contributed by atoms with Crippen LogP contribution in [-0.4, -0.2) is 28.5 Å². The molecule has 0 spiro atoms. The molecule has 3 aromatic carbocycles. The molecule has 3 unspecified atom stereocenters. The molecule has 2 N–H and O–H groups in total. The van der Waals surface area contributed by atoms with Crippen molar-refractivity contribution in [1.29, 1.82) is 0 Å². The van der Waals surface area contributed by atoms with Gasteiger partial charge < -0.3 is 15.2 Å². The third-order valence-electron chi connectivity index (χ3n) is 8.63. The number of aliphatic carboxylic acids is 1. The second kappa shape index (κ2) is 10.2. The minimum atomic E-state index is -0.927. The summed E-state index contributed by atoms with van der Waals surface area (Å²) in [5, 5.41) is 12.6. The zero-order valence-electron chi connectivity index (χ0n) is 22.0. The lowest BCUT2D eigenvalue weighted by atomic mass is 9.64. The summed E-state index contributed by atoms with van der Waals surface area (Å²) < 4.78 is 6.18. The number of para-hydroxylation sites is 1. The van der Waals surface area contributed by atoms with Gasteiger partial charge in [-0.1, -0.05) is 48.9 Å². The van der Waals surface area contributed by atoms with Crippen LogP contribution in [0.1, 0.15) is 59.2 Å². The van der Waals surface area contributed by atoms with E-state index in [9.17, 15) is 9.59 Å². The number of benzene rings is 3. The first kappa shape index (κ1) is 25.1. The van der Waals surface area contributed by atoms with E-state index >= 15 is 0 Å². The molecule has 1 heterocycles. The fourth-order valence-electron chi connectivity index (χ4n) is 6.82. The number of carbonyl (C=O) groups excluding carboxylic acids is 1. The number of carbonyl (C=O) groups is 2. The highest BCUT2D eigenvalue weighted by molar-refractivity contribution is 5.94. The first-order valence-electron chi connectivity index (χ1n) is 13.7. The van der Waals surface area contributed by atoms with Crippen molar-refractivity contribution in [2.24, 2.45) is 11.8 Å². The van der Waals surface area contributed by atoms with Gasteiger partial charge in [0.2, 0.25) is 5.88 Å². The van der Waals surface area contributed by atoms with Crippen LogP contribution in [0.15, 0.2) is 78.9 Å². The molecule has 4 aromatic rings. The normalized spacial score (nSPS) is 21.7. The van der Waals surface area contributed by atoms with Gasteiger partial charge in [-0.05, 0) is 85.0 Å². The minimum Gasteiger partial charge on any atom is -0.481 e. The summed E-state index contributed by atoms with van der Waals surface area (Å²) in [6.45, 7) is 2.19. The van der Waals surface area contributed by atoms with Crippen molar-refractivity contribution in [2.75, 3.05) is 6.54 Å². The molecule has 39 heavy (non-hydrogen) atoms. The Bertz CT molecular complexity index is 1530. The second-order valence-corrected chi connectivity index (χ2v) is 10.9. The lowest BCUT2D eigenvalue weighted by molar-refractivity contribution is -0.136. The van der Waals surface area contributed by atoms with Crippen LogP contribution in [-0.2, 0) is 10.2 Å². The molecular weight excluding hydrogens is 488 g/mol. The molecule has 6 rings (SSSR count). The van der Waals surface area contributed by atoms with Crippen molar-refractivity contribution in [2.45, 2.75) is 44.4 Å². The average Bonchev–Trinajstić information content (AvgIpc) is 3.56. The zero-order valence-corrected chi connectivity index (χ0v) is 22.0. The van der Waals surface area contributed by atoms with Gasteiger partial charge in [-0.25, -0.2) is 4.98 Å². The quantitative estimate of drug-likeness (QED) is 0.272. The highest BCUT2D eigenvalue weighted by atomic mass is 16.5. The Morgan fingerprint density at radius 2 is 1.72 bits per heavy atom. The van der Waals surface area contributed by atoms with Gasteiger partial charge in [0.15, 0.2) is 0 Å². The van der Waals surface area contributed by atoms with E-state index in [-0.39, 0.29) is 24.3 Å². The highest BCUT2D eigenvalue weighted by Gasteiger charge is 2.52. The Balaban J connectivity index is 1.25. The van der Waals surface area contributed by atoms with Crippen LogP contribution < -0.4 is 10.1 Å². The van der Waals surface area contributed by atoms with Gasteiger partial charge in [0, 0.05) is 29.0 Å². The third kappa shape index (κ3) is 4.76. The lowest BCUT2D eigenvalue weighted by Crippen LogP contribution is -2.34. The van der Waals surface area contributed by atoms with Crippen LogP contribution in [0.2, 0.25) is 0 Å². The number of nitrogens with one attached hydrogen (secondary N) is 1. The highest BCUT2D eigenvalue weighted by Crippen LogP contribution is 2.60. The first-order valence-corrected chi connectivity index (χ1v) is 13.7. The summed E-state index contributed by atoms with van der Waals surface area (Å²) >= 11 is 0. The van der Waals surface area contributed by atoms with Crippen molar-refractivity contribution >= 4 is 22.8 Å². The van der Waals surface area contributed by atoms with E-state index in [1.165, 1.54) is 30.4 Å². The maximum absolute atomic E-state index is 12.5. The molecule has 2 aliphatic carbocycles. The average molecular weight is 521 g/mol. The standard InChI is InChI=1S/C33H32N2O4/c1-21-18-30(35-29-5-3-2-4-28(21)29)39-27-14-12-25(13-15-27)33(20-22-6-9-26(33)19-22)24-10-7-23(8-11-24)32(38)34-17-16-31(36)37/h2-5,7-8,10-15,18,22,26H,6,9,16-17,19-20H2,1H3,(H,34,38)(H,36,37). The molecule has 2 aliphatic rings. The SMILES string of the molecule is Cc1cc(Oc2ccc(C3(c4ccc(C(=O)NCCC(=O)O)cc4)CC4CCC3C4)cc2)nc2ccccc12. The van der Waals surface area contributed by atoms with Gasteiger partial charge in [-0.2, -0.15) is 0 Å². The number of aromatic nitrogens is 1. The molecule has 198 valence electrons. The number of carboxylic acids is 1. The summed E-state index contributed by atoms with van der Waals surface area (Å²) in [6, 6.07) is 26.4. The molecule has 0 saturated heterocycles. The van der Waals surface area contributed by atoms with Gasteiger partial charge >= 0.3 is 5.97 Å². The molecule has 2 fully saturated rings. The zero-order chi connectivity index (χ0) is 27.0. The smallest absolute Gasteiger partial charge is 0.305 e. The van der Waals surface area contributed by atoms with E-state index in [2.05, 4.69) is 47.6 Å². The van der Waals surface area contributed by atoms with Gasteiger partial charge in [0.1, 0.15) is 5.75 Å². The molecule has 1 aromatic heterocycles. The fourth-order valence-corrected chi connectivity index (χ4v) is 6.82. The molecule has 0 radical (unpaired) electrons. The maximum atomic E-state index is 12.5. The van der Waals surface area contributed by atoms with E-state index in [4.69, 9.17) is 9.84 Å². The largest absolute Gasteiger partial charge is 0.481 e. The monoisotopic (exact) mass is 520 g/mol. The summed E-state index contributed by atoms with van der Waals surface area (Å²) in [7, 11) is 0. The molecule has 6 heteroatoms. The second-order valence-electron chi connectivity index (χ2n) is 10.9. The Kier molecular flexibility index (Phi) is 6.55. The van der Waals surface area contributed by atoms with Crippen LogP contribution in [0.4, 0.5) is 0 Å². The van der Waals surface area contributed by atoms with Crippen LogP contribution in [0, 0.1) is 18.8 Å². The topological polar surface area (TPSA) is 88.5 Å². The van der Waals surface area contributed by atoms with Crippen LogP contribution >= 0.6 is 0 Å². The number of amides is 1. The Labute approximate surface area is 228 Å². The lowest BCUT2D eigenvalue weighted by Gasteiger charge is -2.39. The molecular formula is C33H32N2O4. The molecule has 6 nitrogen and oxygen atoms in total. The molecule has 1 amide bonds. The number of rotatable bonds is 8. The summed E-state index contributed by atoms with van der Waals surface area (Å²) in [5.41, 5.74) is 5.03. The predicted molar refractivity (Wildman–Crippen MR) is 150 cm³/mol. The van der Waals surface area contributed by atoms with Crippen molar-refractivity contribution in [3.8, 4) is 11.6 Å². The predicted octanol–water partition coefficient (Wildman–Crippen LogP) is 6.65. The van der Waals surface area contributed by atoms with Crippen molar-refractivity contribution in [1.82, 2.24) is 10.3 Å². The number of fused-ring (bicyclic) bond motifs is 3. The van der Waals surface area contributed by atoms with Gasteiger partial charge in [0.25, 0.3) is 5.91 Å². The van der Waals surface area contributed by atoms with Gasteiger partial charge in [0.05, 0.1) is 11.9 Å². The summed E-state index contributed by atoms with van der Waals surface area (Å²) in [4.78, 5) is 27.9. The molecule has 0 aliphatic heterocycles. The Morgan fingerprint density at radius 1 is 1.00 bits per heavy atom. The molecule has 2 bridgehead atoms. The van der Waals surface area contributed by atoms with Crippen LogP contribution in [0.5, 0.6) is 11.6 Å². The van der Waals surface area contributed by atoms with Crippen LogP contribution in [0.3, 0.4) is 0 Å². The van der Waals surface area contributed by atoms with E-state index in [0.29, 0.717) is 17.4 Å². The number of hydrogen-bond donors (Lipinski definition) is 2. The number of carboxylic acid groups (broad SMARTS) is 1. The summed E-state index contributed by atoms with van der Waals surface area (Å²) in [5.74, 6) is 1.45. The van der Waals surface area contributed by atoms with Gasteiger partial charge in [-0.3, -0.25) is 9.59 Å². The van der Waals surface area contributed by atoms with Crippen molar-refractivity contribution in [3.63, 3.8) is 0 Å². The number of nitrogens with zero attached hydrogens (tertiary/aromatic N) is 1. The number of hydrogen-bond acceptors (Lipinski definition) is 4. The van der Waals surface area contributed by atoms with Gasteiger partial charge in [-0.15, -0.1) is 0 Å². The van der Waals surface area contributed by atoms with Crippen molar-refractivity contribution < 1.29 is 19.4 Å². The number of ether oxygens (including phenoxy) is 1. The fraction of sp³-hybridized carbons (Fsp3) is 0.303. The number of pyridine rings is 1. The maximum Gasteiger partial charge on any atom is 0.305 e. The van der Waals surface area contributed by atoms with E-state index in [1.54, 1.807) is 0 Å². The van der Waals surface area contributed by atoms with E-state index < -0.39 is 5.97 Å². The summed E-state index contributed by atoms with van der Waals surface area (Å²) in [6.07, 6.45) is 4.74. The van der Waals surface area contributed by atoms with Crippen molar-refractivity contribution in [3.05, 3.63) is 101 Å². The molecule has 2 saturated carbocycles.